The minimum absolute atomic E-state index is 0.982. The SMILES string of the molecule is Cc1cc(C)c(N2CCN(c3c(C)cc(C)cc3C)C2)c(C)c1.Cc1ccccn1.[Cl][Ru]([Cl])=[CH]c1ccccc1. The van der Waals surface area contributed by atoms with Crippen molar-refractivity contribution in [3.8, 4) is 0 Å². The Balaban J connectivity index is 0.000000212. The van der Waals surface area contributed by atoms with E-state index in [0.29, 0.717) is 0 Å². The maximum atomic E-state index is 5.67. The van der Waals surface area contributed by atoms with Gasteiger partial charge >= 0.3 is 73.4 Å². The monoisotopic (exact) mass is 663 g/mol. The van der Waals surface area contributed by atoms with Crippen LogP contribution in [0, 0.1) is 48.5 Å². The maximum absolute atomic E-state index is 5.67. The van der Waals surface area contributed by atoms with Gasteiger partial charge in [-0.25, -0.2) is 0 Å². The molecule has 0 unspecified atom stereocenters. The molecule has 5 rings (SSSR count). The molecule has 0 aliphatic carbocycles. The third-order valence-electron chi connectivity index (χ3n) is 6.69. The van der Waals surface area contributed by atoms with Crippen LogP contribution in [0.2, 0.25) is 0 Å². The zero-order valence-corrected chi connectivity index (χ0v) is 27.9. The van der Waals surface area contributed by atoms with Gasteiger partial charge in [0.05, 0.1) is 6.67 Å². The zero-order valence-electron chi connectivity index (χ0n) is 24.7. The predicted molar refractivity (Wildman–Crippen MR) is 173 cm³/mol. The summed E-state index contributed by atoms with van der Waals surface area (Å²) in [5.74, 6) is 0. The second-order valence-corrected chi connectivity index (χ2v) is 16.1. The molecular formula is C34H41Cl2N3Ru. The molecule has 0 radical (unpaired) electrons. The van der Waals surface area contributed by atoms with Crippen molar-refractivity contribution in [2.24, 2.45) is 0 Å². The van der Waals surface area contributed by atoms with E-state index >= 15 is 0 Å². The number of hydrogen-bond donors (Lipinski definition) is 0. The standard InChI is InChI=1S/C21H28N2.C7H6.C6H7N.2ClH.Ru/c1-14-9-16(3)20(17(4)10-14)22-7-8-23(13-22)21-18(5)11-15(2)12-19(21)6;1-7-5-3-2-4-6-7;1-6-4-2-3-5-7-6;;;/h9-12H,7-8,13H2,1-6H3;1-6H;2-5H,1H3;2*1H;/q;;;;;+2/p-2. The van der Waals surface area contributed by atoms with Gasteiger partial charge in [-0.05, 0) is 82.9 Å². The molecule has 40 heavy (non-hydrogen) atoms. The van der Waals surface area contributed by atoms with Crippen LogP contribution in [-0.4, -0.2) is 29.4 Å². The van der Waals surface area contributed by atoms with Crippen LogP contribution in [0.1, 0.15) is 44.6 Å². The van der Waals surface area contributed by atoms with Crippen LogP contribution < -0.4 is 9.80 Å². The Morgan fingerprint density at radius 3 is 1.45 bits per heavy atom. The van der Waals surface area contributed by atoms with E-state index in [9.17, 15) is 0 Å². The van der Waals surface area contributed by atoms with Crippen LogP contribution in [0.25, 0.3) is 0 Å². The summed E-state index contributed by atoms with van der Waals surface area (Å²) in [5.41, 5.74) is 13.3. The summed E-state index contributed by atoms with van der Waals surface area (Å²) < 4.78 is 1.92. The fourth-order valence-corrected chi connectivity index (χ4v) is 7.18. The van der Waals surface area contributed by atoms with E-state index in [1.54, 1.807) is 6.20 Å². The second kappa shape index (κ2) is 15.5. The molecule has 1 fully saturated rings. The first kappa shape index (κ1) is 32.0. The van der Waals surface area contributed by atoms with Gasteiger partial charge in [0.25, 0.3) is 0 Å². The van der Waals surface area contributed by atoms with Crippen LogP contribution in [0.5, 0.6) is 0 Å². The van der Waals surface area contributed by atoms with E-state index in [4.69, 9.17) is 19.4 Å². The number of benzene rings is 3. The molecule has 1 aliphatic heterocycles. The summed E-state index contributed by atoms with van der Waals surface area (Å²) in [6.07, 6.45) is 1.79. The van der Waals surface area contributed by atoms with Gasteiger partial charge in [0.15, 0.2) is 0 Å². The van der Waals surface area contributed by atoms with E-state index in [-0.39, 0.29) is 0 Å². The van der Waals surface area contributed by atoms with Crippen molar-refractivity contribution in [1.29, 1.82) is 0 Å². The average molecular weight is 664 g/mol. The molecule has 0 saturated carbocycles. The first-order valence-electron chi connectivity index (χ1n) is 13.5. The zero-order chi connectivity index (χ0) is 29.2. The third kappa shape index (κ3) is 9.55. The molecule has 0 bridgehead atoms. The molecule has 3 aromatic carbocycles. The quantitative estimate of drug-likeness (QED) is 0.204. The molecule has 0 N–H and O–H groups in total. The van der Waals surface area contributed by atoms with Crippen molar-refractivity contribution in [1.82, 2.24) is 4.98 Å². The second-order valence-electron chi connectivity index (χ2n) is 10.4. The Morgan fingerprint density at radius 1 is 0.650 bits per heavy atom. The molecule has 0 spiro atoms. The summed E-state index contributed by atoms with van der Waals surface area (Å²) >= 11 is -1.61. The molecular weight excluding hydrogens is 622 g/mol. The predicted octanol–water partition coefficient (Wildman–Crippen LogP) is 8.97. The molecule has 6 heteroatoms. The molecule has 4 aromatic rings. The van der Waals surface area contributed by atoms with E-state index < -0.39 is 13.5 Å². The topological polar surface area (TPSA) is 19.4 Å². The number of nitrogens with zero attached hydrogens (tertiary/aromatic N) is 3. The molecule has 0 amide bonds. The van der Waals surface area contributed by atoms with Crippen molar-refractivity contribution < 1.29 is 13.5 Å². The number of halogens is 2. The third-order valence-corrected chi connectivity index (χ3v) is 8.56. The van der Waals surface area contributed by atoms with E-state index in [2.05, 4.69) is 80.6 Å². The van der Waals surface area contributed by atoms with Crippen molar-refractivity contribution in [2.45, 2.75) is 48.5 Å². The van der Waals surface area contributed by atoms with E-state index in [1.807, 2.05) is 60.1 Å². The van der Waals surface area contributed by atoms with Gasteiger partial charge < -0.3 is 9.80 Å². The molecule has 2 heterocycles. The number of rotatable bonds is 3. The Bertz CT molecular complexity index is 1310. The summed E-state index contributed by atoms with van der Waals surface area (Å²) in [6.45, 7) is 18.4. The Labute approximate surface area is 254 Å². The summed E-state index contributed by atoms with van der Waals surface area (Å²) in [4.78, 5) is 9.04. The van der Waals surface area contributed by atoms with Crippen molar-refractivity contribution >= 4 is 35.4 Å². The first-order chi connectivity index (χ1) is 19.0. The Hall–Kier alpha value is -2.52. The number of hydrogen-bond acceptors (Lipinski definition) is 3. The number of aromatic nitrogens is 1. The Kier molecular flexibility index (Phi) is 12.4. The molecule has 3 nitrogen and oxygen atoms in total. The molecule has 1 aliphatic rings. The van der Waals surface area contributed by atoms with Crippen LogP contribution >= 0.6 is 19.4 Å². The molecule has 1 aromatic heterocycles. The summed E-state index contributed by atoms with van der Waals surface area (Å²) in [5, 5.41) is 0. The van der Waals surface area contributed by atoms with E-state index in [0.717, 1.165) is 31.0 Å². The van der Waals surface area contributed by atoms with Crippen LogP contribution in [-0.2, 0) is 13.5 Å². The molecule has 0 atom stereocenters. The number of anilines is 2. The van der Waals surface area contributed by atoms with Crippen molar-refractivity contribution in [3.05, 3.63) is 124 Å². The van der Waals surface area contributed by atoms with Gasteiger partial charge in [-0.3, -0.25) is 4.98 Å². The van der Waals surface area contributed by atoms with Gasteiger partial charge in [-0.1, -0.05) is 41.5 Å². The van der Waals surface area contributed by atoms with Crippen molar-refractivity contribution in [2.75, 3.05) is 29.6 Å². The van der Waals surface area contributed by atoms with Crippen LogP contribution in [0.4, 0.5) is 11.4 Å². The van der Waals surface area contributed by atoms with Crippen molar-refractivity contribution in [3.63, 3.8) is 0 Å². The number of pyridine rings is 1. The fourth-order valence-electron chi connectivity index (χ4n) is 5.35. The normalized spacial score (nSPS) is 12.7. The van der Waals surface area contributed by atoms with Crippen LogP contribution in [0.3, 0.4) is 0 Å². The van der Waals surface area contributed by atoms with Gasteiger partial charge in [0, 0.05) is 36.4 Å². The van der Waals surface area contributed by atoms with E-state index in [1.165, 1.54) is 44.8 Å². The first-order valence-corrected chi connectivity index (χ1v) is 18.9. The fraction of sp³-hybridized carbons (Fsp3) is 0.294. The van der Waals surface area contributed by atoms with Gasteiger partial charge in [-0.15, -0.1) is 0 Å². The number of aryl methyl sites for hydroxylation is 7. The van der Waals surface area contributed by atoms with Gasteiger partial charge in [0.2, 0.25) is 0 Å². The minimum atomic E-state index is -1.61. The molecule has 1 saturated heterocycles. The summed E-state index contributed by atoms with van der Waals surface area (Å²) in [7, 11) is 11.3. The van der Waals surface area contributed by atoms with Crippen LogP contribution in [0.15, 0.2) is 79.0 Å². The van der Waals surface area contributed by atoms with Gasteiger partial charge in [0.1, 0.15) is 0 Å². The average Bonchev–Trinajstić information content (AvgIpc) is 3.33. The van der Waals surface area contributed by atoms with Gasteiger partial charge in [-0.2, -0.15) is 0 Å². The Morgan fingerprint density at radius 2 is 1.10 bits per heavy atom. The molecule has 214 valence electrons. The summed E-state index contributed by atoms with van der Waals surface area (Å²) in [6, 6.07) is 24.9.